The Kier molecular flexibility index (Phi) is 5.91. The van der Waals surface area contributed by atoms with Crippen LogP contribution in [-0.4, -0.2) is 33.8 Å². The molecule has 0 aliphatic rings. The number of nitrogens with one attached hydrogen (secondary N) is 3. The third kappa shape index (κ3) is 4.65. The van der Waals surface area contributed by atoms with E-state index < -0.39 is 11.9 Å². The lowest BCUT2D eigenvalue weighted by Gasteiger charge is -2.11. The number of aryl methyl sites for hydroxylation is 1. The van der Waals surface area contributed by atoms with Crippen LogP contribution >= 0.6 is 0 Å². The zero-order valence-electron chi connectivity index (χ0n) is 15.8. The number of H-pyrrole nitrogens is 1. The van der Waals surface area contributed by atoms with Crippen molar-refractivity contribution in [3.63, 3.8) is 0 Å². The Morgan fingerprint density at radius 2 is 2.00 bits per heavy atom. The predicted molar refractivity (Wildman–Crippen MR) is 103 cm³/mol. The molecule has 2 heterocycles. The van der Waals surface area contributed by atoms with Gasteiger partial charge in [0, 0.05) is 49.0 Å². The number of hydrogen-bond acceptors (Lipinski definition) is 2. The van der Waals surface area contributed by atoms with Crippen molar-refractivity contribution < 1.29 is 13.2 Å². The van der Waals surface area contributed by atoms with Gasteiger partial charge in [-0.1, -0.05) is 18.2 Å². The van der Waals surface area contributed by atoms with Gasteiger partial charge in [-0.15, -0.1) is 0 Å². The van der Waals surface area contributed by atoms with Gasteiger partial charge in [-0.3, -0.25) is 4.68 Å². The molecule has 28 heavy (non-hydrogen) atoms. The van der Waals surface area contributed by atoms with Gasteiger partial charge in [0.2, 0.25) is 0 Å². The Labute approximate surface area is 160 Å². The number of halogens is 3. The summed E-state index contributed by atoms with van der Waals surface area (Å²) in [6, 6.07) is 8.04. The summed E-state index contributed by atoms with van der Waals surface area (Å²) < 4.78 is 40.3. The molecule has 0 radical (unpaired) electrons. The van der Waals surface area contributed by atoms with Gasteiger partial charge >= 0.3 is 6.18 Å². The Balaban J connectivity index is 1.65. The molecule has 9 heteroatoms. The second-order valence-electron chi connectivity index (χ2n) is 6.41. The van der Waals surface area contributed by atoms with Crippen LogP contribution in [0.1, 0.15) is 23.7 Å². The van der Waals surface area contributed by atoms with Crippen molar-refractivity contribution in [2.75, 3.05) is 13.1 Å². The van der Waals surface area contributed by atoms with E-state index >= 15 is 0 Å². The SMILES string of the molecule is CCNC(=NCc1cn(C)nc1C(F)(F)F)NCCc1c[nH]c2ccccc12. The standard InChI is InChI=1S/C19H23F3N6/c1-3-23-18(26-11-14-12-28(2)27-17(14)19(20,21)22)24-9-8-13-10-25-16-7-5-4-6-15(13)16/h4-7,10,12,25H,3,8-9,11H2,1-2H3,(H2,23,24,26). The number of aromatic nitrogens is 3. The average Bonchev–Trinajstić information content (AvgIpc) is 3.23. The molecule has 0 spiro atoms. The van der Waals surface area contributed by atoms with Crippen molar-refractivity contribution >= 4 is 16.9 Å². The Morgan fingerprint density at radius 3 is 2.75 bits per heavy atom. The Hall–Kier alpha value is -2.97. The number of hydrogen-bond donors (Lipinski definition) is 3. The van der Waals surface area contributed by atoms with Gasteiger partial charge in [0.05, 0.1) is 6.54 Å². The molecule has 3 rings (SSSR count). The lowest BCUT2D eigenvalue weighted by atomic mass is 10.1. The fraction of sp³-hybridized carbons (Fsp3) is 0.368. The van der Waals surface area contributed by atoms with Crippen molar-refractivity contribution in [2.24, 2.45) is 12.0 Å². The first-order valence-electron chi connectivity index (χ1n) is 9.05. The zero-order chi connectivity index (χ0) is 20.1. The highest BCUT2D eigenvalue weighted by Crippen LogP contribution is 2.30. The van der Waals surface area contributed by atoms with Gasteiger partial charge in [-0.2, -0.15) is 18.3 Å². The fourth-order valence-corrected chi connectivity index (χ4v) is 3.05. The molecule has 0 amide bonds. The van der Waals surface area contributed by atoms with Gasteiger partial charge in [0.25, 0.3) is 0 Å². The molecule has 6 nitrogen and oxygen atoms in total. The number of para-hydroxylation sites is 1. The number of aliphatic imine (C=N–C) groups is 1. The number of benzene rings is 1. The van der Waals surface area contributed by atoms with Gasteiger partial charge in [-0.25, -0.2) is 4.99 Å². The smallest absolute Gasteiger partial charge is 0.361 e. The maximum atomic E-state index is 13.1. The monoisotopic (exact) mass is 392 g/mol. The Morgan fingerprint density at radius 1 is 1.21 bits per heavy atom. The van der Waals surface area contributed by atoms with Crippen LogP contribution in [0.3, 0.4) is 0 Å². The van der Waals surface area contributed by atoms with E-state index in [2.05, 4.69) is 31.8 Å². The molecule has 0 saturated carbocycles. The highest BCUT2D eigenvalue weighted by Gasteiger charge is 2.36. The maximum absolute atomic E-state index is 13.1. The van der Waals surface area contributed by atoms with E-state index in [-0.39, 0.29) is 12.1 Å². The number of alkyl halides is 3. The van der Waals surface area contributed by atoms with E-state index in [0.29, 0.717) is 19.0 Å². The number of rotatable bonds is 6. The number of fused-ring (bicyclic) bond motifs is 1. The summed E-state index contributed by atoms with van der Waals surface area (Å²) >= 11 is 0. The van der Waals surface area contributed by atoms with Crippen LogP contribution in [0.5, 0.6) is 0 Å². The molecule has 1 aromatic carbocycles. The van der Waals surface area contributed by atoms with E-state index in [1.165, 1.54) is 18.8 Å². The molecule has 0 saturated heterocycles. The summed E-state index contributed by atoms with van der Waals surface area (Å²) in [5.74, 6) is 0.472. The van der Waals surface area contributed by atoms with Crippen molar-refractivity contribution in [3.05, 3.63) is 53.5 Å². The van der Waals surface area contributed by atoms with Crippen LogP contribution in [0.2, 0.25) is 0 Å². The minimum Gasteiger partial charge on any atom is -0.361 e. The molecular formula is C19H23F3N6. The highest BCUT2D eigenvalue weighted by molar-refractivity contribution is 5.83. The summed E-state index contributed by atoms with van der Waals surface area (Å²) in [7, 11) is 1.47. The molecule has 150 valence electrons. The second-order valence-corrected chi connectivity index (χ2v) is 6.41. The Bertz CT molecular complexity index is 954. The fourth-order valence-electron chi connectivity index (χ4n) is 3.05. The van der Waals surface area contributed by atoms with E-state index in [0.717, 1.165) is 22.0 Å². The van der Waals surface area contributed by atoms with Crippen molar-refractivity contribution in [1.29, 1.82) is 0 Å². The van der Waals surface area contributed by atoms with Crippen molar-refractivity contribution in [1.82, 2.24) is 25.4 Å². The third-order valence-corrected chi connectivity index (χ3v) is 4.29. The molecule has 2 aromatic heterocycles. The third-order valence-electron chi connectivity index (χ3n) is 4.29. The molecule has 0 atom stereocenters. The molecule has 0 unspecified atom stereocenters. The first kappa shape index (κ1) is 19.8. The first-order chi connectivity index (χ1) is 13.4. The second kappa shape index (κ2) is 8.37. The van der Waals surface area contributed by atoms with Gasteiger partial charge in [0.15, 0.2) is 11.7 Å². The molecular weight excluding hydrogens is 369 g/mol. The summed E-state index contributed by atoms with van der Waals surface area (Å²) in [4.78, 5) is 7.52. The van der Waals surface area contributed by atoms with Crippen LogP contribution in [0.15, 0.2) is 41.7 Å². The van der Waals surface area contributed by atoms with Crippen molar-refractivity contribution in [3.8, 4) is 0 Å². The van der Waals surface area contributed by atoms with Crippen LogP contribution in [0, 0.1) is 0 Å². The average molecular weight is 392 g/mol. The molecule has 0 bridgehead atoms. The van der Waals surface area contributed by atoms with Gasteiger partial charge in [0.1, 0.15) is 0 Å². The minimum atomic E-state index is -4.49. The molecule has 3 N–H and O–H groups in total. The molecule has 0 aliphatic heterocycles. The van der Waals surface area contributed by atoms with Crippen LogP contribution in [-0.2, 0) is 26.2 Å². The largest absolute Gasteiger partial charge is 0.435 e. The number of aromatic amines is 1. The predicted octanol–water partition coefficient (Wildman–Crippen LogP) is 3.22. The highest BCUT2D eigenvalue weighted by atomic mass is 19.4. The topological polar surface area (TPSA) is 70.0 Å². The van der Waals surface area contributed by atoms with Crippen LogP contribution < -0.4 is 10.6 Å². The number of guanidine groups is 1. The normalized spacial score (nSPS) is 12.5. The van der Waals surface area contributed by atoms with Gasteiger partial charge < -0.3 is 15.6 Å². The minimum absolute atomic E-state index is 0.0452. The van der Waals surface area contributed by atoms with E-state index in [1.54, 1.807) is 0 Å². The van der Waals surface area contributed by atoms with Crippen LogP contribution in [0.4, 0.5) is 13.2 Å². The quantitative estimate of drug-likeness (QED) is 0.446. The van der Waals surface area contributed by atoms with Gasteiger partial charge in [-0.05, 0) is 25.0 Å². The lowest BCUT2D eigenvalue weighted by molar-refractivity contribution is -0.142. The van der Waals surface area contributed by atoms with E-state index in [4.69, 9.17) is 0 Å². The first-order valence-corrected chi connectivity index (χ1v) is 9.05. The molecule has 0 fully saturated rings. The summed E-state index contributed by atoms with van der Waals surface area (Å²) in [6.45, 7) is 3.01. The summed E-state index contributed by atoms with van der Waals surface area (Å²) in [6.07, 6.45) is -0.411. The molecule has 3 aromatic rings. The zero-order valence-corrected chi connectivity index (χ0v) is 15.8. The van der Waals surface area contributed by atoms with Crippen LogP contribution in [0.25, 0.3) is 10.9 Å². The number of nitrogens with zero attached hydrogens (tertiary/aromatic N) is 3. The van der Waals surface area contributed by atoms with E-state index in [1.807, 2.05) is 31.3 Å². The molecule has 0 aliphatic carbocycles. The van der Waals surface area contributed by atoms with E-state index in [9.17, 15) is 13.2 Å². The summed E-state index contributed by atoms with van der Waals surface area (Å²) in [5.41, 5.74) is 1.40. The van der Waals surface area contributed by atoms with Crippen molar-refractivity contribution in [2.45, 2.75) is 26.1 Å². The summed E-state index contributed by atoms with van der Waals surface area (Å²) in [5, 5.41) is 10.9. The maximum Gasteiger partial charge on any atom is 0.435 e. The lowest BCUT2D eigenvalue weighted by Crippen LogP contribution is -2.38.